The summed E-state index contributed by atoms with van der Waals surface area (Å²) in [6.07, 6.45) is 31.7. The third-order valence-corrected chi connectivity index (χ3v) is 4.68. The largest absolute Gasteiger partial charge is 0.370 e. The quantitative estimate of drug-likeness (QED) is 0.161. The maximum Gasteiger partial charge on any atom is 0.162 e. The molecular weight excluding hydrogens is 380 g/mol. The molecular formula is C29H48O2. The summed E-state index contributed by atoms with van der Waals surface area (Å²) < 4.78 is 5.83. The molecule has 2 nitrogen and oxygen atoms in total. The first-order valence-electron chi connectivity index (χ1n) is 12.3. The van der Waals surface area contributed by atoms with Crippen LogP contribution in [0.25, 0.3) is 0 Å². The van der Waals surface area contributed by atoms with Gasteiger partial charge >= 0.3 is 0 Å². The highest BCUT2D eigenvalue weighted by molar-refractivity contribution is 5.83. The Hall–Kier alpha value is -1.67. The standard InChI is InChI=1S/C29H48O2/c1-6-8-9-10-11-12-13-14-15-16-17-18-19-20-21-22-23-24-25-31-28(7-2)27(30)26-29(3,4)5/h8-9,11-12,14-15,17-18,20-21,28H,6-7,10,13,16,19,22-26H2,1-5H3/b9-8-,12-11-,15-14-,18-17-,21-20-. The molecule has 0 amide bonds. The first kappa shape index (κ1) is 29.3. The Labute approximate surface area is 193 Å². The average Bonchev–Trinajstić information content (AvgIpc) is 2.71. The van der Waals surface area contributed by atoms with Gasteiger partial charge in [0.15, 0.2) is 5.78 Å². The Kier molecular flexibility index (Phi) is 19.2. The molecule has 0 heterocycles. The molecule has 0 saturated carbocycles. The zero-order chi connectivity index (χ0) is 23.2. The highest BCUT2D eigenvalue weighted by Gasteiger charge is 2.22. The molecule has 176 valence electrons. The van der Waals surface area contributed by atoms with Crippen LogP contribution in [0.2, 0.25) is 0 Å². The van der Waals surface area contributed by atoms with E-state index in [1.54, 1.807) is 0 Å². The summed E-state index contributed by atoms with van der Waals surface area (Å²) >= 11 is 0. The SMILES string of the molecule is CC/C=C\C/C=C\C/C=C\C/C=C\C/C=C\CCCCOC(CC)C(=O)CC(C)(C)C. The van der Waals surface area contributed by atoms with Gasteiger partial charge in [0.2, 0.25) is 0 Å². The molecule has 1 atom stereocenters. The first-order chi connectivity index (χ1) is 14.9. The minimum atomic E-state index is -0.229. The fraction of sp³-hybridized carbons (Fsp3) is 0.621. The van der Waals surface area contributed by atoms with Crippen molar-refractivity contribution in [3.8, 4) is 0 Å². The van der Waals surface area contributed by atoms with Crippen LogP contribution in [0.1, 0.15) is 98.8 Å². The fourth-order valence-corrected chi connectivity index (χ4v) is 3.03. The predicted octanol–water partition coefficient (Wildman–Crippen LogP) is 8.71. The second kappa shape index (κ2) is 20.2. The normalized spacial score (nSPS) is 14.2. The second-order valence-electron chi connectivity index (χ2n) is 9.18. The summed E-state index contributed by atoms with van der Waals surface area (Å²) in [6.45, 7) is 11.2. The molecule has 0 N–H and O–H groups in total. The molecule has 0 fully saturated rings. The van der Waals surface area contributed by atoms with E-state index in [1.807, 2.05) is 6.92 Å². The van der Waals surface area contributed by atoms with Crippen LogP contribution in [-0.4, -0.2) is 18.5 Å². The van der Waals surface area contributed by atoms with E-state index < -0.39 is 0 Å². The lowest BCUT2D eigenvalue weighted by molar-refractivity contribution is -0.132. The van der Waals surface area contributed by atoms with E-state index in [0.29, 0.717) is 13.0 Å². The van der Waals surface area contributed by atoms with E-state index in [-0.39, 0.29) is 17.3 Å². The molecule has 0 radical (unpaired) electrons. The smallest absolute Gasteiger partial charge is 0.162 e. The van der Waals surface area contributed by atoms with Gasteiger partial charge in [-0.25, -0.2) is 0 Å². The van der Waals surface area contributed by atoms with Gasteiger partial charge in [-0.1, -0.05) is 95.4 Å². The Morgan fingerprint density at radius 3 is 1.68 bits per heavy atom. The lowest BCUT2D eigenvalue weighted by Gasteiger charge is -2.21. The number of carbonyl (C=O) groups excluding carboxylic acids is 1. The van der Waals surface area contributed by atoms with Gasteiger partial charge in [-0.3, -0.25) is 4.79 Å². The number of ether oxygens (including phenoxy) is 1. The molecule has 0 bridgehead atoms. The van der Waals surface area contributed by atoms with Crippen molar-refractivity contribution >= 4 is 5.78 Å². The molecule has 0 rings (SSSR count). The highest BCUT2D eigenvalue weighted by atomic mass is 16.5. The van der Waals surface area contributed by atoms with Crippen molar-refractivity contribution in [1.29, 1.82) is 0 Å². The molecule has 0 aromatic rings. The van der Waals surface area contributed by atoms with E-state index >= 15 is 0 Å². The van der Waals surface area contributed by atoms with Gasteiger partial charge in [0.25, 0.3) is 0 Å². The van der Waals surface area contributed by atoms with Gasteiger partial charge < -0.3 is 4.74 Å². The van der Waals surface area contributed by atoms with Crippen molar-refractivity contribution in [3.05, 3.63) is 60.8 Å². The van der Waals surface area contributed by atoms with Crippen LogP contribution in [0.3, 0.4) is 0 Å². The number of allylic oxidation sites excluding steroid dienone is 10. The molecule has 2 heteroatoms. The van der Waals surface area contributed by atoms with Crippen LogP contribution < -0.4 is 0 Å². The van der Waals surface area contributed by atoms with Crippen LogP contribution in [0.15, 0.2) is 60.8 Å². The predicted molar refractivity (Wildman–Crippen MR) is 137 cm³/mol. The number of carbonyl (C=O) groups is 1. The van der Waals surface area contributed by atoms with Gasteiger partial charge in [0, 0.05) is 13.0 Å². The van der Waals surface area contributed by atoms with Crippen LogP contribution in [0, 0.1) is 5.41 Å². The zero-order valence-electron chi connectivity index (χ0n) is 20.9. The number of ketones is 1. The number of Topliss-reactive ketones (excluding diaryl/α,β-unsaturated/α-hetero) is 1. The van der Waals surface area contributed by atoms with E-state index in [1.165, 1.54) is 0 Å². The molecule has 0 saturated heterocycles. The summed E-state index contributed by atoms with van der Waals surface area (Å²) in [6, 6.07) is 0. The number of unbranched alkanes of at least 4 members (excludes halogenated alkanes) is 2. The van der Waals surface area contributed by atoms with Crippen LogP contribution in [-0.2, 0) is 9.53 Å². The summed E-state index contributed by atoms with van der Waals surface area (Å²) in [5.41, 5.74) is 0.0340. The van der Waals surface area contributed by atoms with Crippen LogP contribution >= 0.6 is 0 Å². The van der Waals surface area contributed by atoms with Crippen LogP contribution in [0.5, 0.6) is 0 Å². The molecule has 0 aromatic carbocycles. The van der Waals surface area contributed by atoms with Crippen molar-refractivity contribution in [2.75, 3.05) is 6.61 Å². The van der Waals surface area contributed by atoms with E-state index in [4.69, 9.17) is 4.74 Å². The number of hydrogen-bond acceptors (Lipinski definition) is 2. The highest BCUT2D eigenvalue weighted by Crippen LogP contribution is 2.21. The second-order valence-corrected chi connectivity index (χ2v) is 9.18. The Morgan fingerprint density at radius 1 is 0.742 bits per heavy atom. The molecule has 1 unspecified atom stereocenters. The van der Waals surface area contributed by atoms with E-state index in [9.17, 15) is 4.79 Å². The van der Waals surface area contributed by atoms with Gasteiger partial charge in [0.1, 0.15) is 6.10 Å². The van der Waals surface area contributed by atoms with Crippen molar-refractivity contribution in [2.45, 2.75) is 105 Å². The minimum Gasteiger partial charge on any atom is -0.370 e. The van der Waals surface area contributed by atoms with Crippen molar-refractivity contribution < 1.29 is 9.53 Å². The molecule has 0 aromatic heterocycles. The lowest BCUT2D eigenvalue weighted by Crippen LogP contribution is -2.27. The molecule has 0 aliphatic carbocycles. The van der Waals surface area contributed by atoms with Gasteiger partial charge in [0.05, 0.1) is 0 Å². The van der Waals surface area contributed by atoms with Crippen molar-refractivity contribution in [3.63, 3.8) is 0 Å². The fourth-order valence-electron chi connectivity index (χ4n) is 3.03. The number of rotatable bonds is 18. The summed E-state index contributed by atoms with van der Waals surface area (Å²) in [4.78, 5) is 12.3. The van der Waals surface area contributed by atoms with Gasteiger partial charge in [-0.05, 0) is 63.2 Å². The topological polar surface area (TPSA) is 26.3 Å². The minimum absolute atomic E-state index is 0.0340. The Bertz CT molecular complexity index is 570. The Balaban J connectivity index is 3.69. The number of hydrogen-bond donors (Lipinski definition) is 0. The molecule has 31 heavy (non-hydrogen) atoms. The maximum atomic E-state index is 12.3. The third-order valence-electron chi connectivity index (χ3n) is 4.68. The monoisotopic (exact) mass is 428 g/mol. The lowest BCUT2D eigenvalue weighted by atomic mass is 9.88. The van der Waals surface area contributed by atoms with E-state index in [2.05, 4.69) is 88.5 Å². The summed E-state index contributed by atoms with van der Waals surface area (Å²) in [7, 11) is 0. The Morgan fingerprint density at radius 2 is 1.23 bits per heavy atom. The molecule has 0 aliphatic rings. The van der Waals surface area contributed by atoms with Gasteiger partial charge in [-0.2, -0.15) is 0 Å². The zero-order valence-corrected chi connectivity index (χ0v) is 20.9. The maximum absolute atomic E-state index is 12.3. The summed E-state index contributed by atoms with van der Waals surface area (Å²) in [5, 5.41) is 0. The van der Waals surface area contributed by atoms with Crippen molar-refractivity contribution in [2.24, 2.45) is 5.41 Å². The molecule has 0 spiro atoms. The van der Waals surface area contributed by atoms with Crippen LogP contribution in [0.4, 0.5) is 0 Å². The van der Waals surface area contributed by atoms with Crippen molar-refractivity contribution in [1.82, 2.24) is 0 Å². The molecule has 0 aliphatic heterocycles. The van der Waals surface area contributed by atoms with Gasteiger partial charge in [-0.15, -0.1) is 0 Å². The third kappa shape index (κ3) is 21.4. The first-order valence-corrected chi connectivity index (χ1v) is 12.3. The van der Waals surface area contributed by atoms with E-state index in [0.717, 1.165) is 57.8 Å². The average molecular weight is 429 g/mol. The summed E-state index contributed by atoms with van der Waals surface area (Å²) in [5.74, 6) is 0.243.